The lowest BCUT2D eigenvalue weighted by atomic mass is 10.2. The number of methoxy groups -OCH3 is 1. The molecule has 1 unspecified atom stereocenters. The summed E-state index contributed by atoms with van der Waals surface area (Å²) in [6.07, 6.45) is 0. The van der Waals surface area contributed by atoms with E-state index in [1.54, 1.807) is 18.4 Å². The van der Waals surface area contributed by atoms with Gasteiger partial charge in [0.2, 0.25) is 0 Å². The van der Waals surface area contributed by atoms with Crippen molar-refractivity contribution in [2.24, 2.45) is 5.73 Å². The Balaban J connectivity index is 2.35. The SMILES string of the molecule is COCCSC(CN)c1ccsc1. The molecule has 74 valence electrons. The maximum Gasteiger partial charge on any atom is 0.0553 e. The normalized spacial score (nSPS) is 13.1. The van der Waals surface area contributed by atoms with E-state index in [1.807, 2.05) is 11.8 Å². The summed E-state index contributed by atoms with van der Waals surface area (Å²) in [6.45, 7) is 1.50. The first-order valence-electron chi connectivity index (χ1n) is 4.21. The average molecular weight is 217 g/mol. The Morgan fingerprint density at radius 3 is 3.08 bits per heavy atom. The van der Waals surface area contributed by atoms with Crippen LogP contribution in [0.25, 0.3) is 0 Å². The molecular formula is C9H15NOS2. The van der Waals surface area contributed by atoms with Gasteiger partial charge in [0, 0.05) is 24.7 Å². The van der Waals surface area contributed by atoms with Crippen LogP contribution >= 0.6 is 23.1 Å². The zero-order valence-electron chi connectivity index (χ0n) is 7.73. The summed E-state index contributed by atoms with van der Waals surface area (Å²) in [5, 5.41) is 4.69. The molecule has 1 aromatic heterocycles. The molecule has 0 saturated carbocycles. The topological polar surface area (TPSA) is 35.2 Å². The minimum Gasteiger partial charge on any atom is -0.384 e. The van der Waals surface area contributed by atoms with E-state index in [1.165, 1.54) is 5.56 Å². The minimum atomic E-state index is 0.432. The van der Waals surface area contributed by atoms with Crippen LogP contribution in [0.3, 0.4) is 0 Å². The van der Waals surface area contributed by atoms with Crippen LogP contribution < -0.4 is 5.73 Å². The monoisotopic (exact) mass is 217 g/mol. The van der Waals surface area contributed by atoms with Crippen LogP contribution in [-0.2, 0) is 4.74 Å². The van der Waals surface area contributed by atoms with E-state index in [0.717, 1.165) is 12.4 Å². The van der Waals surface area contributed by atoms with Crippen molar-refractivity contribution in [3.05, 3.63) is 22.4 Å². The van der Waals surface area contributed by atoms with Gasteiger partial charge in [-0.3, -0.25) is 0 Å². The van der Waals surface area contributed by atoms with Gasteiger partial charge in [0.05, 0.1) is 6.61 Å². The highest BCUT2D eigenvalue weighted by molar-refractivity contribution is 7.99. The summed E-state index contributed by atoms with van der Waals surface area (Å²) in [6, 6.07) is 2.14. The fourth-order valence-corrected chi connectivity index (χ4v) is 2.86. The lowest BCUT2D eigenvalue weighted by Crippen LogP contribution is -2.10. The molecule has 0 amide bonds. The highest BCUT2D eigenvalue weighted by Crippen LogP contribution is 2.28. The van der Waals surface area contributed by atoms with E-state index < -0.39 is 0 Å². The van der Waals surface area contributed by atoms with Crippen molar-refractivity contribution in [1.29, 1.82) is 0 Å². The van der Waals surface area contributed by atoms with E-state index in [0.29, 0.717) is 11.8 Å². The van der Waals surface area contributed by atoms with Gasteiger partial charge >= 0.3 is 0 Å². The van der Waals surface area contributed by atoms with Gasteiger partial charge in [-0.05, 0) is 22.4 Å². The van der Waals surface area contributed by atoms with Crippen LogP contribution in [0, 0.1) is 0 Å². The van der Waals surface area contributed by atoms with Crippen molar-refractivity contribution >= 4 is 23.1 Å². The maximum atomic E-state index is 5.69. The van der Waals surface area contributed by atoms with Gasteiger partial charge in [-0.15, -0.1) is 0 Å². The number of thioether (sulfide) groups is 1. The van der Waals surface area contributed by atoms with E-state index in [4.69, 9.17) is 10.5 Å². The Morgan fingerprint density at radius 2 is 2.54 bits per heavy atom. The van der Waals surface area contributed by atoms with Crippen LogP contribution in [0.15, 0.2) is 16.8 Å². The first kappa shape index (κ1) is 11.0. The van der Waals surface area contributed by atoms with E-state index >= 15 is 0 Å². The molecule has 0 radical (unpaired) electrons. The number of ether oxygens (including phenoxy) is 1. The molecule has 13 heavy (non-hydrogen) atoms. The molecule has 1 rings (SSSR count). The number of rotatable bonds is 6. The predicted molar refractivity (Wildman–Crippen MR) is 60.4 cm³/mol. The largest absolute Gasteiger partial charge is 0.384 e. The predicted octanol–water partition coefficient (Wildman–Crippen LogP) is 2.13. The average Bonchev–Trinajstić information content (AvgIpc) is 2.65. The molecule has 1 heterocycles. The molecule has 1 aromatic rings. The van der Waals surface area contributed by atoms with Gasteiger partial charge in [-0.1, -0.05) is 0 Å². The highest BCUT2D eigenvalue weighted by atomic mass is 32.2. The van der Waals surface area contributed by atoms with Crippen molar-refractivity contribution in [3.8, 4) is 0 Å². The molecule has 0 bridgehead atoms. The Labute approximate surface area is 87.5 Å². The van der Waals surface area contributed by atoms with E-state index in [-0.39, 0.29) is 0 Å². The fourth-order valence-electron chi connectivity index (χ4n) is 1.03. The molecular weight excluding hydrogens is 202 g/mol. The minimum absolute atomic E-state index is 0.432. The Hall–Kier alpha value is -0.0300. The van der Waals surface area contributed by atoms with Crippen molar-refractivity contribution in [3.63, 3.8) is 0 Å². The molecule has 0 aliphatic carbocycles. The van der Waals surface area contributed by atoms with Crippen LogP contribution in [-0.4, -0.2) is 26.0 Å². The first-order valence-corrected chi connectivity index (χ1v) is 6.20. The van der Waals surface area contributed by atoms with Crippen molar-refractivity contribution in [1.82, 2.24) is 0 Å². The Morgan fingerprint density at radius 1 is 1.69 bits per heavy atom. The van der Waals surface area contributed by atoms with Crippen LogP contribution in [0.4, 0.5) is 0 Å². The van der Waals surface area contributed by atoms with E-state index in [2.05, 4.69) is 16.8 Å². The molecule has 0 aliphatic rings. The summed E-state index contributed by atoms with van der Waals surface area (Å²) in [5.74, 6) is 1.01. The van der Waals surface area contributed by atoms with Gasteiger partial charge in [0.15, 0.2) is 0 Å². The molecule has 0 spiro atoms. The third kappa shape index (κ3) is 3.68. The van der Waals surface area contributed by atoms with Gasteiger partial charge in [-0.25, -0.2) is 0 Å². The molecule has 0 aromatic carbocycles. The lowest BCUT2D eigenvalue weighted by Gasteiger charge is -2.12. The number of hydrogen-bond donors (Lipinski definition) is 1. The maximum absolute atomic E-state index is 5.69. The van der Waals surface area contributed by atoms with Crippen molar-refractivity contribution in [2.45, 2.75) is 5.25 Å². The molecule has 0 saturated heterocycles. The van der Waals surface area contributed by atoms with Gasteiger partial charge in [0.1, 0.15) is 0 Å². The van der Waals surface area contributed by atoms with Crippen molar-refractivity contribution < 1.29 is 4.74 Å². The summed E-state index contributed by atoms with van der Waals surface area (Å²) in [4.78, 5) is 0. The highest BCUT2D eigenvalue weighted by Gasteiger charge is 2.09. The second-order valence-electron chi connectivity index (χ2n) is 2.64. The second-order valence-corrected chi connectivity index (χ2v) is 4.74. The molecule has 4 heteroatoms. The zero-order valence-corrected chi connectivity index (χ0v) is 9.37. The number of thiophene rings is 1. The van der Waals surface area contributed by atoms with Gasteiger partial charge < -0.3 is 10.5 Å². The smallest absolute Gasteiger partial charge is 0.0553 e. The molecule has 2 N–H and O–H groups in total. The number of nitrogens with two attached hydrogens (primary N) is 1. The van der Waals surface area contributed by atoms with Crippen LogP contribution in [0.2, 0.25) is 0 Å². The second kappa shape index (κ2) is 6.43. The third-order valence-electron chi connectivity index (χ3n) is 1.74. The lowest BCUT2D eigenvalue weighted by molar-refractivity contribution is 0.218. The summed E-state index contributed by atoms with van der Waals surface area (Å²) in [5.41, 5.74) is 7.03. The van der Waals surface area contributed by atoms with Crippen molar-refractivity contribution in [2.75, 3.05) is 26.0 Å². The Bertz CT molecular complexity index is 213. The molecule has 0 aliphatic heterocycles. The van der Waals surface area contributed by atoms with Crippen LogP contribution in [0.1, 0.15) is 10.8 Å². The quantitative estimate of drug-likeness (QED) is 0.741. The van der Waals surface area contributed by atoms with Gasteiger partial charge in [-0.2, -0.15) is 23.1 Å². The third-order valence-corrected chi connectivity index (χ3v) is 3.71. The Kier molecular flexibility index (Phi) is 5.46. The molecule has 0 fully saturated rings. The molecule has 1 atom stereocenters. The van der Waals surface area contributed by atoms with Gasteiger partial charge in [0.25, 0.3) is 0 Å². The fraction of sp³-hybridized carbons (Fsp3) is 0.556. The standard InChI is InChI=1S/C9H15NOS2/c1-11-3-5-13-9(6-10)8-2-4-12-7-8/h2,4,7,9H,3,5-6,10H2,1H3. The zero-order chi connectivity index (χ0) is 9.52. The summed E-state index contributed by atoms with van der Waals surface area (Å²) < 4.78 is 5.00. The number of hydrogen-bond acceptors (Lipinski definition) is 4. The molecule has 2 nitrogen and oxygen atoms in total. The van der Waals surface area contributed by atoms with Crippen LogP contribution in [0.5, 0.6) is 0 Å². The first-order chi connectivity index (χ1) is 6.38. The van der Waals surface area contributed by atoms with E-state index in [9.17, 15) is 0 Å². The summed E-state index contributed by atoms with van der Waals surface area (Å²) >= 11 is 3.58. The summed E-state index contributed by atoms with van der Waals surface area (Å²) in [7, 11) is 1.72.